The second-order valence-corrected chi connectivity index (χ2v) is 7.85. The number of fused-ring (bicyclic) bond motifs is 1. The fourth-order valence-electron chi connectivity index (χ4n) is 3.29. The first-order chi connectivity index (χ1) is 13.0. The van der Waals surface area contributed by atoms with E-state index in [1.165, 1.54) is 17.2 Å². The Balaban J connectivity index is 1.85. The van der Waals surface area contributed by atoms with Gasteiger partial charge < -0.3 is 9.52 Å². The van der Waals surface area contributed by atoms with Crippen LogP contribution in [0.4, 0.5) is 5.69 Å². The second kappa shape index (κ2) is 7.08. The summed E-state index contributed by atoms with van der Waals surface area (Å²) < 4.78 is 5.25. The summed E-state index contributed by atoms with van der Waals surface area (Å²) in [6.45, 7) is 3.72. The number of benzene rings is 2. The molecule has 2 heterocycles. The average Bonchev–Trinajstić information content (AvgIpc) is 2.63. The van der Waals surface area contributed by atoms with Crippen LogP contribution in [0.25, 0.3) is 0 Å². The number of hydrogen-bond donors (Lipinski definition) is 1. The summed E-state index contributed by atoms with van der Waals surface area (Å²) in [7, 11) is 0. The Morgan fingerprint density at radius 2 is 1.85 bits per heavy atom. The Labute approximate surface area is 161 Å². The molecular weight excluding hydrogens is 358 g/mol. The molecule has 4 nitrogen and oxygen atoms in total. The number of aliphatic imine (C=N–C) groups is 1. The lowest BCUT2D eigenvalue weighted by Gasteiger charge is -2.25. The molecule has 1 N–H and O–H groups in total. The van der Waals surface area contributed by atoms with Gasteiger partial charge >= 0.3 is 5.63 Å². The highest BCUT2D eigenvalue weighted by Crippen LogP contribution is 2.41. The van der Waals surface area contributed by atoms with Gasteiger partial charge in [-0.05, 0) is 43.5 Å². The summed E-state index contributed by atoms with van der Waals surface area (Å²) in [5.41, 5.74) is 3.35. The maximum absolute atomic E-state index is 12.5. The quantitative estimate of drug-likeness (QED) is 0.712. The molecule has 1 aromatic heterocycles. The summed E-state index contributed by atoms with van der Waals surface area (Å²) in [5, 5.41) is 10.4. The minimum atomic E-state index is -0.555. The van der Waals surface area contributed by atoms with Crippen molar-refractivity contribution in [2.75, 3.05) is 0 Å². The molecule has 1 atom stereocenters. The van der Waals surface area contributed by atoms with Gasteiger partial charge in [0.25, 0.3) is 0 Å². The molecule has 27 heavy (non-hydrogen) atoms. The van der Waals surface area contributed by atoms with Crippen LogP contribution in [-0.4, -0.2) is 16.1 Å². The molecule has 1 aliphatic heterocycles. The first-order valence-electron chi connectivity index (χ1n) is 8.76. The molecule has 5 heteroatoms. The van der Waals surface area contributed by atoms with Gasteiger partial charge in [-0.1, -0.05) is 36.4 Å². The van der Waals surface area contributed by atoms with E-state index in [4.69, 9.17) is 9.41 Å². The first-order valence-corrected chi connectivity index (χ1v) is 9.64. The van der Waals surface area contributed by atoms with Crippen LogP contribution >= 0.6 is 11.8 Å². The highest BCUT2D eigenvalue weighted by atomic mass is 32.2. The van der Waals surface area contributed by atoms with E-state index in [0.29, 0.717) is 17.9 Å². The summed E-state index contributed by atoms with van der Waals surface area (Å²) in [4.78, 5) is 18.3. The molecule has 0 bridgehead atoms. The van der Waals surface area contributed by atoms with Gasteiger partial charge in [0.2, 0.25) is 0 Å². The van der Waals surface area contributed by atoms with Crippen molar-refractivity contribution >= 4 is 23.2 Å². The number of rotatable bonds is 3. The zero-order valence-corrected chi connectivity index (χ0v) is 15.9. The normalized spacial score (nSPS) is 15.9. The molecule has 0 radical (unpaired) electrons. The largest absolute Gasteiger partial charge is 0.507 e. The molecule has 0 saturated heterocycles. The van der Waals surface area contributed by atoms with Gasteiger partial charge in [-0.15, -0.1) is 11.8 Å². The molecule has 1 unspecified atom stereocenters. The fraction of sp³-hybridized carbons (Fsp3) is 0.182. The number of nitrogens with zero attached hydrogens (tertiary/aromatic N) is 1. The molecular formula is C22H19NO3S. The van der Waals surface area contributed by atoms with Crippen molar-refractivity contribution in [3.05, 3.63) is 87.5 Å². The molecule has 1 aliphatic rings. The van der Waals surface area contributed by atoms with E-state index in [0.717, 1.165) is 10.6 Å². The Hall–Kier alpha value is -2.79. The number of thioether (sulfide) groups is 1. The number of hydrogen-bond acceptors (Lipinski definition) is 5. The van der Waals surface area contributed by atoms with Gasteiger partial charge in [0, 0.05) is 11.0 Å². The van der Waals surface area contributed by atoms with Gasteiger partial charge in [0.05, 0.1) is 16.6 Å². The molecule has 2 aromatic carbocycles. The fourth-order valence-corrected chi connectivity index (χ4v) is 4.53. The minimum absolute atomic E-state index is 0.0859. The van der Waals surface area contributed by atoms with Crippen molar-refractivity contribution < 1.29 is 9.52 Å². The number of para-hydroxylation sites is 1. The number of aromatic hydroxyl groups is 1. The lowest BCUT2D eigenvalue weighted by molar-refractivity contribution is 0.432. The number of aryl methyl sites for hydroxylation is 2. The van der Waals surface area contributed by atoms with Crippen molar-refractivity contribution in [2.24, 2.45) is 4.99 Å². The van der Waals surface area contributed by atoms with Crippen LogP contribution in [0.3, 0.4) is 0 Å². The van der Waals surface area contributed by atoms with Crippen LogP contribution in [0.15, 0.2) is 73.7 Å². The Bertz CT molecular complexity index is 1100. The third kappa shape index (κ3) is 3.43. The molecule has 3 aromatic rings. The predicted octanol–water partition coefficient (Wildman–Crippen LogP) is 4.80. The van der Waals surface area contributed by atoms with Crippen LogP contribution in [0.2, 0.25) is 0 Å². The molecule has 4 rings (SSSR count). The van der Waals surface area contributed by atoms with Crippen molar-refractivity contribution in [1.29, 1.82) is 0 Å². The Kier molecular flexibility index (Phi) is 4.62. The molecule has 0 fully saturated rings. The molecule has 136 valence electrons. The van der Waals surface area contributed by atoms with Crippen molar-refractivity contribution in [3.8, 4) is 5.75 Å². The zero-order valence-electron chi connectivity index (χ0n) is 15.1. The highest BCUT2D eigenvalue weighted by molar-refractivity contribution is 8.01. The Morgan fingerprint density at radius 1 is 1.11 bits per heavy atom. The summed E-state index contributed by atoms with van der Waals surface area (Å²) >= 11 is 1.66. The molecule has 0 saturated carbocycles. The lowest BCUT2D eigenvalue weighted by atomic mass is 9.98. The van der Waals surface area contributed by atoms with E-state index in [9.17, 15) is 9.90 Å². The third-order valence-corrected chi connectivity index (χ3v) is 5.93. The second-order valence-electron chi connectivity index (χ2n) is 6.61. The minimum Gasteiger partial charge on any atom is -0.507 e. The van der Waals surface area contributed by atoms with Crippen LogP contribution in [0.5, 0.6) is 5.75 Å². The zero-order chi connectivity index (χ0) is 19.0. The van der Waals surface area contributed by atoms with E-state index >= 15 is 0 Å². The van der Waals surface area contributed by atoms with E-state index < -0.39 is 5.63 Å². The van der Waals surface area contributed by atoms with Gasteiger partial charge in [0.1, 0.15) is 17.1 Å². The Morgan fingerprint density at radius 3 is 2.63 bits per heavy atom. The van der Waals surface area contributed by atoms with Crippen molar-refractivity contribution in [3.63, 3.8) is 0 Å². The monoisotopic (exact) mass is 377 g/mol. The van der Waals surface area contributed by atoms with Crippen LogP contribution < -0.4 is 5.63 Å². The maximum Gasteiger partial charge on any atom is 0.348 e. The third-order valence-electron chi connectivity index (χ3n) is 4.66. The summed E-state index contributed by atoms with van der Waals surface area (Å²) in [5.74, 6) is 0.290. The van der Waals surface area contributed by atoms with Crippen molar-refractivity contribution in [1.82, 2.24) is 0 Å². The molecule has 0 amide bonds. The van der Waals surface area contributed by atoms with Gasteiger partial charge in [-0.25, -0.2) is 4.79 Å². The molecule has 0 spiro atoms. The van der Waals surface area contributed by atoms with Crippen LogP contribution in [0, 0.1) is 13.8 Å². The topological polar surface area (TPSA) is 62.8 Å². The molecule has 0 aliphatic carbocycles. The predicted molar refractivity (Wildman–Crippen MR) is 109 cm³/mol. The van der Waals surface area contributed by atoms with Gasteiger partial charge in [0.15, 0.2) is 0 Å². The van der Waals surface area contributed by atoms with Crippen LogP contribution in [0.1, 0.15) is 22.5 Å². The van der Waals surface area contributed by atoms with Crippen molar-refractivity contribution in [2.45, 2.75) is 30.4 Å². The van der Waals surface area contributed by atoms with Gasteiger partial charge in [-0.3, -0.25) is 4.99 Å². The smallest absolute Gasteiger partial charge is 0.348 e. The van der Waals surface area contributed by atoms with Crippen LogP contribution in [-0.2, 0) is 6.42 Å². The maximum atomic E-state index is 12.5. The van der Waals surface area contributed by atoms with E-state index in [1.54, 1.807) is 18.7 Å². The van der Waals surface area contributed by atoms with Gasteiger partial charge in [-0.2, -0.15) is 0 Å². The summed E-state index contributed by atoms with van der Waals surface area (Å²) in [6, 6.07) is 17.5. The SMILES string of the molecule is Cc1cc(O)c(C2=Nc3ccccc3SC2Cc2ccccc2C)c(=O)o1. The highest BCUT2D eigenvalue weighted by Gasteiger charge is 2.30. The lowest BCUT2D eigenvalue weighted by Crippen LogP contribution is -2.28. The standard InChI is InChI=1S/C22H19NO3S/c1-13-7-3-4-8-15(13)12-19-21(20-17(24)11-14(2)26-22(20)25)23-16-9-5-6-10-18(16)27-19/h3-11,19,24H,12H2,1-2H3. The van der Waals surface area contributed by atoms with E-state index in [-0.39, 0.29) is 16.6 Å². The van der Waals surface area contributed by atoms with E-state index in [1.807, 2.05) is 36.4 Å². The average molecular weight is 377 g/mol. The van der Waals surface area contributed by atoms with E-state index in [2.05, 4.69) is 19.1 Å². The first kappa shape index (κ1) is 17.6. The summed E-state index contributed by atoms with van der Waals surface area (Å²) in [6.07, 6.45) is 0.706.